The Morgan fingerprint density at radius 3 is 2.74 bits per heavy atom. The maximum atomic E-state index is 11.2. The largest absolute Gasteiger partial charge is 0.487 e. The Bertz CT molecular complexity index is 879. The monoisotopic (exact) mass is 330 g/mol. The van der Waals surface area contributed by atoms with E-state index in [-0.39, 0.29) is 5.97 Å². The van der Waals surface area contributed by atoms with Gasteiger partial charge in [0.25, 0.3) is 0 Å². The number of esters is 1. The molecule has 0 bridgehead atoms. The molecule has 0 aliphatic heterocycles. The highest BCUT2D eigenvalue weighted by atomic mass is 32.1. The van der Waals surface area contributed by atoms with Crippen molar-refractivity contribution in [2.75, 3.05) is 0 Å². The molecule has 0 saturated carbocycles. The van der Waals surface area contributed by atoms with Gasteiger partial charge in [-0.3, -0.25) is 9.48 Å². The van der Waals surface area contributed by atoms with Gasteiger partial charge in [0.1, 0.15) is 18.1 Å². The van der Waals surface area contributed by atoms with Gasteiger partial charge < -0.3 is 9.47 Å². The molecule has 0 atom stereocenters. The van der Waals surface area contributed by atoms with Crippen LogP contribution in [-0.4, -0.2) is 15.7 Å². The summed E-state index contributed by atoms with van der Waals surface area (Å²) in [5.41, 5.74) is 3.02. The Morgan fingerprint density at radius 1 is 1.30 bits per heavy atom. The lowest BCUT2D eigenvalue weighted by molar-refractivity contribution is -0.131. The van der Waals surface area contributed by atoms with Crippen molar-refractivity contribution in [3.63, 3.8) is 0 Å². The van der Waals surface area contributed by atoms with Crippen molar-refractivity contribution in [2.45, 2.75) is 27.4 Å². The minimum absolute atomic E-state index is 0.309. The van der Waals surface area contributed by atoms with Gasteiger partial charge in [0.05, 0.1) is 11.4 Å². The summed E-state index contributed by atoms with van der Waals surface area (Å²) in [5.74, 6) is 1.10. The van der Waals surface area contributed by atoms with Crippen LogP contribution in [0.4, 0.5) is 0 Å². The first-order chi connectivity index (χ1) is 10.9. The van der Waals surface area contributed by atoms with Crippen molar-refractivity contribution in [1.29, 1.82) is 0 Å². The van der Waals surface area contributed by atoms with E-state index in [1.165, 1.54) is 18.3 Å². The molecule has 0 amide bonds. The standard InChI is InChI=1S/C17H18N2O3S/c1-10-5-14(21-8-13-6-11(2)18-19(13)4)7-16-17(10)15(9-23-16)22-12(3)20/h5-7,9H,8H2,1-4H3. The van der Waals surface area contributed by atoms with Crippen LogP contribution in [0.5, 0.6) is 11.5 Å². The number of aromatic nitrogens is 2. The average molecular weight is 330 g/mol. The van der Waals surface area contributed by atoms with Crippen LogP contribution in [0.2, 0.25) is 0 Å². The second-order valence-electron chi connectivity index (χ2n) is 5.50. The smallest absolute Gasteiger partial charge is 0.308 e. The molecule has 0 spiro atoms. The molecular weight excluding hydrogens is 312 g/mol. The quantitative estimate of drug-likeness (QED) is 0.684. The van der Waals surface area contributed by atoms with Crippen molar-refractivity contribution in [1.82, 2.24) is 9.78 Å². The van der Waals surface area contributed by atoms with Crippen molar-refractivity contribution < 1.29 is 14.3 Å². The highest BCUT2D eigenvalue weighted by molar-refractivity contribution is 7.17. The second kappa shape index (κ2) is 6.04. The number of benzene rings is 1. The molecule has 0 saturated heterocycles. The molecule has 120 valence electrons. The molecule has 3 rings (SSSR count). The van der Waals surface area contributed by atoms with E-state index in [1.54, 1.807) is 0 Å². The molecule has 0 aliphatic carbocycles. The molecule has 0 aliphatic rings. The lowest BCUT2D eigenvalue weighted by atomic mass is 10.1. The predicted octanol–water partition coefficient (Wildman–Crippen LogP) is 3.76. The normalized spacial score (nSPS) is 11.0. The SMILES string of the molecule is CC(=O)Oc1csc2cc(OCc3cc(C)nn3C)cc(C)c12. The molecule has 0 radical (unpaired) electrons. The Morgan fingerprint density at radius 2 is 2.09 bits per heavy atom. The number of ether oxygens (including phenoxy) is 2. The van der Waals surface area contributed by atoms with Crippen LogP contribution in [0.25, 0.3) is 10.1 Å². The second-order valence-corrected chi connectivity index (χ2v) is 6.41. The minimum Gasteiger partial charge on any atom is -0.487 e. The predicted molar refractivity (Wildman–Crippen MR) is 90.1 cm³/mol. The first-order valence-corrected chi connectivity index (χ1v) is 8.14. The summed E-state index contributed by atoms with van der Waals surface area (Å²) in [4.78, 5) is 11.2. The average Bonchev–Trinajstić information content (AvgIpc) is 2.99. The first-order valence-electron chi connectivity index (χ1n) is 7.26. The fourth-order valence-electron chi connectivity index (χ4n) is 2.58. The Balaban J connectivity index is 1.85. The highest BCUT2D eigenvalue weighted by Gasteiger charge is 2.12. The van der Waals surface area contributed by atoms with Gasteiger partial charge in [-0.1, -0.05) is 0 Å². The molecule has 23 heavy (non-hydrogen) atoms. The summed E-state index contributed by atoms with van der Waals surface area (Å²) in [6, 6.07) is 5.95. The molecule has 2 heterocycles. The van der Waals surface area contributed by atoms with E-state index in [4.69, 9.17) is 9.47 Å². The number of nitrogens with zero attached hydrogens (tertiary/aromatic N) is 2. The van der Waals surface area contributed by atoms with Gasteiger partial charge in [0.2, 0.25) is 0 Å². The molecule has 0 unspecified atom stereocenters. The van der Waals surface area contributed by atoms with Crippen LogP contribution in [-0.2, 0) is 18.4 Å². The fraction of sp³-hybridized carbons (Fsp3) is 0.294. The van der Waals surface area contributed by atoms with Crippen LogP contribution < -0.4 is 9.47 Å². The summed E-state index contributed by atoms with van der Waals surface area (Å²) in [6.07, 6.45) is 0. The van der Waals surface area contributed by atoms with E-state index in [9.17, 15) is 4.79 Å². The lowest BCUT2D eigenvalue weighted by Crippen LogP contribution is -2.03. The summed E-state index contributed by atoms with van der Waals surface area (Å²) in [5, 5.41) is 7.13. The third kappa shape index (κ3) is 3.22. The maximum Gasteiger partial charge on any atom is 0.308 e. The van der Waals surface area contributed by atoms with E-state index < -0.39 is 0 Å². The molecule has 0 fully saturated rings. The van der Waals surface area contributed by atoms with Crippen LogP contribution in [0.3, 0.4) is 0 Å². The van der Waals surface area contributed by atoms with E-state index in [1.807, 2.05) is 49.2 Å². The number of hydrogen-bond acceptors (Lipinski definition) is 5. The number of rotatable bonds is 4. The van der Waals surface area contributed by atoms with Gasteiger partial charge >= 0.3 is 5.97 Å². The summed E-state index contributed by atoms with van der Waals surface area (Å²) < 4.78 is 14.0. The summed E-state index contributed by atoms with van der Waals surface area (Å²) >= 11 is 1.54. The molecule has 6 heteroatoms. The number of aryl methyl sites for hydroxylation is 3. The molecular formula is C17H18N2O3S. The third-order valence-electron chi connectivity index (χ3n) is 3.55. The van der Waals surface area contributed by atoms with E-state index in [0.29, 0.717) is 12.4 Å². The number of carbonyl (C=O) groups is 1. The van der Waals surface area contributed by atoms with Gasteiger partial charge in [0.15, 0.2) is 0 Å². The van der Waals surface area contributed by atoms with Crippen LogP contribution >= 0.6 is 11.3 Å². The van der Waals surface area contributed by atoms with E-state index in [0.717, 1.165) is 32.8 Å². The van der Waals surface area contributed by atoms with Gasteiger partial charge in [-0.05, 0) is 37.6 Å². The highest BCUT2D eigenvalue weighted by Crippen LogP contribution is 2.37. The Hall–Kier alpha value is -2.34. The van der Waals surface area contributed by atoms with Crippen molar-refractivity contribution in [2.24, 2.45) is 7.05 Å². The van der Waals surface area contributed by atoms with Gasteiger partial charge in [-0.2, -0.15) is 5.10 Å². The zero-order valence-electron chi connectivity index (χ0n) is 13.5. The van der Waals surface area contributed by atoms with Crippen molar-refractivity contribution in [3.05, 3.63) is 40.5 Å². The number of carbonyl (C=O) groups excluding carboxylic acids is 1. The maximum absolute atomic E-state index is 11.2. The van der Waals surface area contributed by atoms with Crippen LogP contribution in [0.15, 0.2) is 23.6 Å². The first kappa shape index (κ1) is 15.6. The van der Waals surface area contributed by atoms with Gasteiger partial charge in [0, 0.05) is 29.4 Å². The topological polar surface area (TPSA) is 53.4 Å². The van der Waals surface area contributed by atoms with Gasteiger partial charge in [-0.15, -0.1) is 11.3 Å². The van der Waals surface area contributed by atoms with Crippen LogP contribution in [0.1, 0.15) is 23.9 Å². The number of fused-ring (bicyclic) bond motifs is 1. The Labute approximate surface area is 138 Å². The lowest BCUT2D eigenvalue weighted by Gasteiger charge is -2.09. The molecule has 2 aromatic heterocycles. The van der Waals surface area contributed by atoms with E-state index in [2.05, 4.69) is 5.10 Å². The number of hydrogen-bond donors (Lipinski definition) is 0. The summed E-state index contributed by atoms with van der Waals surface area (Å²) in [7, 11) is 1.91. The fourth-order valence-corrected chi connectivity index (χ4v) is 3.54. The zero-order chi connectivity index (χ0) is 16.6. The van der Waals surface area contributed by atoms with E-state index >= 15 is 0 Å². The third-order valence-corrected chi connectivity index (χ3v) is 4.46. The Kier molecular flexibility index (Phi) is 4.09. The molecule has 3 aromatic rings. The van der Waals surface area contributed by atoms with Gasteiger partial charge in [-0.25, -0.2) is 0 Å². The molecule has 5 nitrogen and oxygen atoms in total. The van der Waals surface area contributed by atoms with Crippen molar-refractivity contribution in [3.8, 4) is 11.5 Å². The number of thiophene rings is 1. The van der Waals surface area contributed by atoms with Crippen LogP contribution in [0, 0.1) is 13.8 Å². The van der Waals surface area contributed by atoms with Crippen molar-refractivity contribution >= 4 is 27.4 Å². The molecule has 1 aromatic carbocycles. The molecule has 0 N–H and O–H groups in total. The minimum atomic E-state index is -0.309. The zero-order valence-corrected chi connectivity index (χ0v) is 14.4. The summed E-state index contributed by atoms with van der Waals surface area (Å²) in [6.45, 7) is 5.82.